The van der Waals surface area contributed by atoms with Gasteiger partial charge in [0.05, 0.1) is 13.1 Å². The van der Waals surface area contributed by atoms with Gasteiger partial charge in [-0.05, 0) is 30.8 Å². The van der Waals surface area contributed by atoms with Gasteiger partial charge in [0.25, 0.3) is 0 Å². The maximum absolute atomic E-state index is 6.11. The first-order valence-corrected chi connectivity index (χ1v) is 5.91. The van der Waals surface area contributed by atoms with Crippen LogP contribution in [0.1, 0.15) is 11.4 Å². The van der Waals surface area contributed by atoms with Crippen molar-refractivity contribution >= 4 is 23.2 Å². The zero-order valence-electron chi connectivity index (χ0n) is 9.32. The van der Waals surface area contributed by atoms with Crippen LogP contribution in [0, 0.1) is 0 Å². The molecule has 17 heavy (non-hydrogen) atoms. The average Bonchev–Trinajstić information content (AvgIpc) is 2.72. The highest BCUT2D eigenvalue weighted by Gasteiger charge is 2.07. The van der Waals surface area contributed by atoms with Crippen molar-refractivity contribution in [2.45, 2.75) is 13.1 Å². The van der Waals surface area contributed by atoms with Crippen LogP contribution >= 0.6 is 23.2 Å². The van der Waals surface area contributed by atoms with Gasteiger partial charge < -0.3 is 5.32 Å². The molecule has 0 aliphatic rings. The summed E-state index contributed by atoms with van der Waals surface area (Å²) >= 11 is 12.0. The van der Waals surface area contributed by atoms with Crippen molar-refractivity contribution in [1.82, 2.24) is 20.1 Å². The van der Waals surface area contributed by atoms with Crippen molar-refractivity contribution in [3.63, 3.8) is 0 Å². The molecule has 0 saturated heterocycles. The molecule has 0 amide bonds. The lowest BCUT2D eigenvalue weighted by atomic mass is 10.2. The Labute approximate surface area is 110 Å². The number of nitrogens with one attached hydrogen (secondary N) is 1. The second kappa shape index (κ2) is 5.49. The standard InChI is InChI=1S/C11H12Cl2N4/c1-14-5-11-15-7-16-17(11)6-8-4-9(12)2-3-10(8)13/h2-4,7,14H,5-6H2,1H3. The molecule has 2 aromatic rings. The SMILES string of the molecule is CNCc1ncnn1Cc1cc(Cl)ccc1Cl. The largest absolute Gasteiger partial charge is 0.313 e. The monoisotopic (exact) mass is 270 g/mol. The Morgan fingerprint density at radius 1 is 1.35 bits per heavy atom. The van der Waals surface area contributed by atoms with E-state index >= 15 is 0 Å². The number of hydrogen-bond acceptors (Lipinski definition) is 3. The highest BCUT2D eigenvalue weighted by Crippen LogP contribution is 2.21. The molecule has 1 aromatic carbocycles. The van der Waals surface area contributed by atoms with Gasteiger partial charge >= 0.3 is 0 Å². The maximum atomic E-state index is 6.11. The summed E-state index contributed by atoms with van der Waals surface area (Å²) in [4.78, 5) is 4.17. The third-order valence-corrected chi connectivity index (χ3v) is 2.96. The molecule has 0 aliphatic heterocycles. The fraction of sp³-hybridized carbons (Fsp3) is 0.273. The minimum atomic E-state index is 0.566. The van der Waals surface area contributed by atoms with E-state index in [1.165, 1.54) is 6.33 Å². The molecule has 6 heteroatoms. The van der Waals surface area contributed by atoms with E-state index in [0.29, 0.717) is 23.1 Å². The molecule has 0 spiro atoms. The predicted octanol–water partition coefficient (Wildman–Crippen LogP) is 2.35. The van der Waals surface area contributed by atoms with Gasteiger partial charge in [0.15, 0.2) is 0 Å². The first-order chi connectivity index (χ1) is 8.20. The van der Waals surface area contributed by atoms with Crippen molar-refractivity contribution < 1.29 is 0 Å². The van der Waals surface area contributed by atoms with E-state index in [0.717, 1.165) is 11.4 Å². The highest BCUT2D eigenvalue weighted by molar-refractivity contribution is 6.33. The fourth-order valence-electron chi connectivity index (χ4n) is 1.54. The van der Waals surface area contributed by atoms with E-state index < -0.39 is 0 Å². The summed E-state index contributed by atoms with van der Waals surface area (Å²) in [5.41, 5.74) is 0.932. The Balaban J connectivity index is 2.25. The number of halogens is 2. The molecule has 2 rings (SSSR count). The second-order valence-electron chi connectivity index (χ2n) is 3.60. The summed E-state index contributed by atoms with van der Waals surface area (Å²) in [5.74, 6) is 0.864. The number of rotatable bonds is 4. The van der Waals surface area contributed by atoms with Crippen molar-refractivity contribution in [2.24, 2.45) is 0 Å². The molecule has 1 heterocycles. The van der Waals surface area contributed by atoms with E-state index in [1.54, 1.807) is 16.8 Å². The third kappa shape index (κ3) is 2.97. The molecule has 0 unspecified atom stereocenters. The molecule has 0 saturated carbocycles. The molecular formula is C11H12Cl2N4. The minimum absolute atomic E-state index is 0.566. The van der Waals surface area contributed by atoms with Crippen LogP contribution in [0.5, 0.6) is 0 Å². The topological polar surface area (TPSA) is 42.7 Å². The Morgan fingerprint density at radius 3 is 2.94 bits per heavy atom. The van der Waals surface area contributed by atoms with Crippen LogP contribution < -0.4 is 5.32 Å². The van der Waals surface area contributed by atoms with Gasteiger partial charge in [-0.25, -0.2) is 9.67 Å². The van der Waals surface area contributed by atoms with Crippen LogP contribution in [0.15, 0.2) is 24.5 Å². The number of hydrogen-bond donors (Lipinski definition) is 1. The van der Waals surface area contributed by atoms with Gasteiger partial charge in [-0.2, -0.15) is 5.10 Å². The summed E-state index contributed by atoms with van der Waals surface area (Å²) < 4.78 is 1.80. The van der Waals surface area contributed by atoms with Gasteiger partial charge in [0.2, 0.25) is 0 Å². The summed E-state index contributed by atoms with van der Waals surface area (Å²) in [6, 6.07) is 5.39. The fourth-order valence-corrected chi connectivity index (χ4v) is 1.91. The summed E-state index contributed by atoms with van der Waals surface area (Å²) in [6.07, 6.45) is 1.53. The predicted molar refractivity (Wildman–Crippen MR) is 68.3 cm³/mol. The van der Waals surface area contributed by atoms with Gasteiger partial charge in [0, 0.05) is 10.0 Å². The summed E-state index contributed by atoms with van der Waals surface area (Å²) in [6.45, 7) is 1.23. The second-order valence-corrected chi connectivity index (χ2v) is 4.44. The minimum Gasteiger partial charge on any atom is -0.313 e. The normalized spacial score (nSPS) is 10.8. The lowest BCUT2D eigenvalue weighted by molar-refractivity contribution is 0.613. The third-order valence-electron chi connectivity index (χ3n) is 2.36. The van der Waals surface area contributed by atoms with E-state index in [-0.39, 0.29) is 0 Å². The zero-order valence-corrected chi connectivity index (χ0v) is 10.8. The maximum Gasteiger partial charge on any atom is 0.141 e. The van der Waals surface area contributed by atoms with Crippen LogP contribution in [0.4, 0.5) is 0 Å². The molecular weight excluding hydrogens is 259 g/mol. The van der Waals surface area contributed by atoms with E-state index in [4.69, 9.17) is 23.2 Å². The van der Waals surface area contributed by atoms with Crippen LogP contribution in [-0.2, 0) is 13.1 Å². The van der Waals surface area contributed by atoms with Gasteiger partial charge in [0.1, 0.15) is 12.2 Å². The number of nitrogens with zero attached hydrogens (tertiary/aromatic N) is 3. The zero-order chi connectivity index (χ0) is 12.3. The van der Waals surface area contributed by atoms with Crippen LogP contribution in [0.3, 0.4) is 0 Å². The van der Waals surface area contributed by atoms with Gasteiger partial charge in [-0.15, -0.1) is 0 Å². The molecule has 0 radical (unpaired) electrons. The van der Waals surface area contributed by atoms with E-state index in [1.807, 2.05) is 13.1 Å². The van der Waals surface area contributed by atoms with Crippen molar-refractivity contribution in [1.29, 1.82) is 0 Å². The Kier molecular flexibility index (Phi) is 3.99. The molecule has 0 fully saturated rings. The molecule has 0 aliphatic carbocycles. The smallest absolute Gasteiger partial charge is 0.141 e. The van der Waals surface area contributed by atoms with Crippen molar-refractivity contribution in [3.8, 4) is 0 Å². The average molecular weight is 271 g/mol. The Hall–Kier alpha value is -1.10. The van der Waals surface area contributed by atoms with Crippen molar-refractivity contribution in [3.05, 3.63) is 46.0 Å². The van der Waals surface area contributed by atoms with E-state index in [9.17, 15) is 0 Å². The van der Waals surface area contributed by atoms with Gasteiger partial charge in [-0.3, -0.25) is 0 Å². The summed E-state index contributed by atoms with van der Waals surface area (Å²) in [7, 11) is 1.87. The molecule has 90 valence electrons. The lowest BCUT2D eigenvalue weighted by Crippen LogP contribution is -2.14. The highest BCUT2D eigenvalue weighted by atomic mass is 35.5. The van der Waals surface area contributed by atoms with Crippen LogP contribution in [0.2, 0.25) is 10.0 Å². The summed E-state index contributed by atoms with van der Waals surface area (Å²) in [5, 5.41) is 8.55. The van der Waals surface area contributed by atoms with Crippen molar-refractivity contribution in [2.75, 3.05) is 7.05 Å². The van der Waals surface area contributed by atoms with Crippen LogP contribution in [0.25, 0.3) is 0 Å². The Morgan fingerprint density at radius 2 is 2.18 bits per heavy atom. The number of benzene rings is 1. The molecule has 1 aromatic heterocycles. The van der Waals surface area contributed by atoms with E-state index in [2.05, 4.69) is 15.4 Å². The first kappa shape index (κ1) is 12.4. The quantitative estimate of drug-likeness (QED) is 0.928. The lowest BCUT2D eigenvalue weighted by Gasteiger charge is -2.07. The number of aromatic nitrogens is 3. The van der Waals surface area contributed by atoms with Crippen LogP contribution in [-0.4, -0.2) is 21.8 Å². The molecule has 0 atom stereocenters. The van der Waals surface area contributed by atoms with Gasteiger partial charge in [-0.1, -0.05) is 23.2 Å². The molecule has 0 bridgehead atoms. The molecule has 1 N–H and O–H groups in total. The Bertz CT molecular complexity index is 510. The first-order valence-electron chi connectivity index (χ1n) is 5.16. The molecule has 4 nitrogen and oxygen atoms in total.